The first-order chi connectivity index (χ1) is 13.5. The number of carbonyl (C=O) groups is 3. The fourth-order valence-corrected chi connectivity index (χ4v) is 3.22. The third kappa shape index (κ3) is 3.20. The van der Waals surface area contributed by atoms with Crippen LogP contribution in [0, 0.1) is 6.92 Å². The van der Waals surface area contributed by atoms with Gasteiger partial charge in [0.15, 0.2) is 0 Å². The van der Waals surface area contributed by atoms with Crippen LogP contribution in [-0.2, 0) is 13.1 Å². The molecule has 4 rings (SSSR count). The number of hydrogen-bond donors (Lipinski definition) is 1. The molecule has 6 nitrogen and oxygen atoms in total. The van der Waals surface area contributed by atoms with E-state index in [0.29, 0.717) is 23.4 Å². The van der Waals surface area contributed by atoms with Crippen LogP contribution in [0.3, 0.4) is 0 Å². The number of carbonyl (C=O) groups excluding carboxylic acids is 3. The Morgan fingerprint density at radius 2 is 1.79 bits per heavy atom. The summed E-state index contributed by atoms with van der Waals surface area (Å²) in [5.74, 6) is -0.588. The molecule has 0 aliphatic carbocycles. The molecule has 0 spiro atoms. The zero-order valence-electron chi connectivity index (χ0n) is 15.3. The maximum absolute atomic E-state index is 12.7. The number of amides is 3. The molecular weight excluding hydrogens is 356 g/mol. The van der Waals surface area contributed by atoms with E-state index in [2.05, 4.69) is 5.32 Å². The highest BCUT2D eigenvalue weighted by molar-refractivity contribution is 6.22. The lowest BCUT2D eigenvalue weighted by molar-refractivity contribution is 0.0631. The highest BCUT2D eigenvalue weighted by Crippen LogP contribution is 2.26. The lowest BCUT2D eigenvalue weighted by Gasteiger charge is -2.11. The summed E-state index contributed by atoms with van der Waals surface area (Å²) in [6.45, 7) is 2.43. The van der Waals surface area contributed by atoms with E-state index in [1.54, 1.807) is 18.2 Å². The quantitative estimate of drug-likeness (QED) is 0.695. The Morgan fingerprint density at radius 3 is 2.54 bits per heavy atom. The van der Waals surface area contributed by atoms with Crippen molar-refractivity contribution in [3.05, 3.63) is 94.4 Å². The molecular formula is C22H18N2O4. The number of furan rings is 1. The van der Waals surface area contributed by atoms with E-state index >= 15 is 0 Å². The van der Waals surface area contributed by atoms with E-state index in [4.69, 9.17) is 4.42 Å². The van der Waals surface area contributed by atoms with Crippen molar-refractivity contribution in [3.8, 4) is 0 Å². The topological polar surface area (TPSA) is 79.6 Å². The summed E-state index contributed by atoms with van der Waals surface area (Å²) in [6, 6.07) is 15.8. The summed E-state index contributed by atoms with van der Waals surface area (Å²) in [6.07, 6.45) is 1.49. The minimum atomic E-state index is -0.426. The van der Waals surface area contributed by atoms with Crippen molar-refractivity contribution in [3.63, 3.8) is 0 Å². The normalized spacial score (nSPS) is 13.0. The monoisotopic (exact) mass is 374 g/mol. The summed E-state index contributed by atoms with van der Waals surface area (Å²) in [7, 11) is 0. The SMILES string of the molecule is Cc1ccccc1CNC(=O)c1ccc2c(c1)C(=O)N(Cc1ccco1)C2=O. The zero-order valence-corrected chi connectivity index (χ0v) is 15.3. The predicted octanol–water partition coefficient (Wildman–Crippen LogP) is 3.31. The molecule has 0 atom stereocenters. The van der Waals surface area contributed by atoms with Crippen LogP contribution in [0.4, 0.5) is 0 Å². The molecule has 1 N–H and O–H groups in total. The van der Waals surface area contributed by atoms with Crippen LogP contribution >= 0.6 is 0 Å². The highest BCUT2D eigenvalue weighted by atomic mass is 16.3. The maximum Gasteiger partial charge on any atom is 0.261 e. The Hall–Kier alpha value is -3.67. The van der Waals surface area contributed by atoms with Gasteiger partial charge in [-0.05, 0) is 48.4 Å². The molecule has 1 aromatic heterocycles. The van der Waals surface area contributed by atoms with Crippen molar-refractivity contribution in [2.24, 2.45) is 0 Å². The number of hydrogen-bond acceptors (Lipinski definition) is 4. The van der Waals surface area contributed by atoms with Crippen molar-refractivity contribution in [1.29, 1.82) is 0 Å². The van der Waals surface area contributed by atoms with E-state index in [1.165, 1.54) is 18.4 Å². The van der Waals surface area contributed by atoms with E-state index < -0.39 is 5.91 Å². The minimum Gasteiger partial charge on any atom is -0.467 e. The van der Waals surface area contributed by atoms with Gasteiger partial charge in [-0.15, -0.1) is 0 Å². The van der Waals surface area contributed by atoms with E-state index in [9.17, 15) is 14.4 Å². The molecule has 140 valence electrons. The first-order valence-electron chi connectivity index (χ1n) is 8.90. The molecule has 0 saturated heterocycles. The third-order valence-electron chi connectivity index (χ3n) is 4.83. The number of imide groups is 1. The molecule has 0 radical (unpaired) electrons. The van der Waals surface area contributed by atoms with Crippen LogP contribution in [0.1, 0.15) is 48.0 Å². The smallest absolute Gasteiger partial charge is 0.261 e. The predicted molar refractivity (Wildman–Crippen MR) is 102 cm³/mol. The number of nitrogens with zero attached hydrogens (tertiary/aromatic N) is 1. The Kier molecular flexibility index (Phi) is 4.53. The van der Waals surface area contributed by atoms with Crippen LogP contribution < -0.4 is 5.32 Å². The summed E-state index contributed by atoms with van der Waals surface area (Å²) in [5, 5.41) is 2.86. The van der Waals surface area contributed by atoms with Gasteiger partial charge >= 0.3 is 0 Å². The van der Waals surface area contributed by atoms with Crippen molar-refractivity contribution in [2.45, 2.75) is 20.0 Å². The largest absolute Gasteiger partial charge is 0.467 e. The molecule has 2 heterocycles. The lowest BCUT2D eigenvalue weighted by Crippen LogP contribution is -2.28. The van der Waals surface area contributed by atoms with Crippen LogP contribution in [0.15, 0.2) is 65.3 Å². The van der Waals surface area contributed by atoms with Gasteiger partial charge in [-0.2, -0.15) is 0 Å². The fraction of sp³-hybridized carbons (Fsp3) is 0.136. The first kappa shape index (κ1) is 17.7. The van der Waals surface area contributed by atoms with Crippen LogP contribution in [0.25, 0.3) is 0 Å². The average Bonchev–Trinajstić information content (AvgIpc) is 3.30. The Balaban J connectivity index is 1.51. The molecule has 2 aromatic carbocycles. The minimum absolute atomic E-state index is 0.0637. The van der Waals surface area contributed by atoms with Gasteiger partial charge in [-0.25, -0.2) is 0 Å². The molecule has 1 aliphatic rings. The molecule has 0 saturated carbocycles. The first-order valence-corrected chi connectivity index (χ1v) is 8.90. The fourth-order valence-electron chi connectivity index (χ4n) is 3.22. The molecule has 0 fully saturated rings. The average molecular weight is 374 g/mol. The summed E-state index contributed by atoms with van der Waals surface area (Å²) in [5.41, 5.74) is 2.99. The second kappa shape index (κ2) is 7.15. The van der Waals surface area contributed by atoms with Gasteiger partial charge in [0.05, 0.1) is 23.9 Å². The summed E-state index contributed by atoms with van der Waals surface area (Å²) >= 11 is 0. The summed E-state index contributed by atoms with van der Waals surface area (Å²) < 4.78 is 5.23. The van der Waals surface area contributed by atoms with Crippen molar-refractivity contribution in [1.82, 2.24) is 10.2 Å². The van der Waals surface area contributed by atoms with Crippen molar-refractivity contribution >= 4 is 17.7 Å². The van der Waals surface area contributed by atoms with Gasteiger partial charge in [-0.3, -0.25) is 19.3 Å². The van der Waals surface area contributed by atoms with Gasteiger partial charge in [0.25, 0.3) is 17.7 Å². The van der Waals surface area contributed by atoms with Gasteiger partial charge in [0, 0.05) is 12.1 Å². The van der Waals surface area contributed by atoms with Gasteiger partial charge in [-0.1, -0.05) is 24.3 Å². The standard InChI is InChI=1S/C22H18N2O4/c1-14-5-2-3-6-16(14)12-23-20(25)15-8-9-18-19(11-15)22(27)24(21(18)26)13-17-7-4-10-28-17/h2-11H,12-13H2,1H3,(H,23,25). The van der Waals surface area contributed by atoms with E-state index in [1.807, 2.05) is 31.2 Å². The van der Waals surface area contributed by atoms with E-state index in [0.717, 1.165) is 16.0 Å². The van der Waals surface area contributed by atoms with Crippen molar-refractivity contribution in [2.75, 3.05) is 0 Å². The van der Waals surface area contributed by atoms with Crippen molar-refractivity contribution < 1.29 is 18.8 Å². The van der Waals surface area contributed by atoms with Crippen LogP contribution in [-0.4, -0.2) is 22.6 Å². The summed E-state index contributed by atoms with van der Waals surface area (Å²) in [4.78, 5) is 38.8. The second-order valence-electron chi connectivity index (χ2n) is 6.65. The maximum atomic E-state index is 12.7. The molecule has 1 aliphatic heterocycles. The molecule has 3 amide bonds. The van der Waals surface area contributed by atoms with Crippen LogP contribution in [0.5, 0.6) is 0 Å². The molecule has 3 aromatic rings. The Labute approximate surface area is 161 Å². The van der Waals surface area contributed by atoms with Gasteiger partial charge in [0.1, 0.15) is 5.76 Å². The van der Waals surface area contributed by atoms with Gasteiger partial charge in [0.2, 0.25) is 0 Å². The van der Waals surface area contributed by atoms with E-state index in [-0.39, 0.29) is 23.9 Å². The molecule has 0 unspecified atom stereocenters. The van der Waals surface area contributed by atoms with Gasteiger partial charge < -0.3 is 9.73 Å². The Morgan fingerprint density at radius 1 is 1.00 bits per heavy atom. The number of benzene rings is 2. The molecule has 0 bridgehead atoms. The molecule has 6 heteroatoms. The number of aryl methyl sites for hydroxylation is 1. The lowest BCUT2D eigenvalue weighted by atomic mass is 10.0. The number of fused-ring (bicyclic) bond motifs is 1. The number of rotatable bonds is 5. The third-order valence-corrected chi connectivity index (χ3v) is 4.83. The zero-order chi connectivity index (χ0) is 19.7. The van der Waals surface area contributed by atoms with Crippen LogP contribution in [0.2, 0.25) is 0 Å². The highest BCUT2D eigenvalue weighted by Gasteiger charge is 2.36. The second-order valence-corrected chi connectivity index (χ2v) is 6.65. The number of nitrogens with one attached hydrogen (secondary N) is 1. The molecule has 28 heavy (non-hydrogen) atoms. The Bertz CT molecular complexity index is 1070.